The van der Waals surface area contributed by atoms with Gasteiger partial charge in [0.05, 0.1) is 9.93 Å². The highest BCUT2D eigenvalue weighted by atomic mass is 32.1. The topological polar surface area (TPSA) is 85.9 Å². The van der Waals surface area contributed by atoms with Crippen LogP contribution in [0.4, 0.5) is 11.5 Å². The highest BCUT2D eigenvalue weighted by Gasteiger charge is 2.23. The molecule has 0 unspecified atom stereocenters. The smallest absolute Gasteiger partial charge is 0.333 e. The third-order valence-corrected chi connectivity index (χ3v) is 4.16. The van der Waals surface area contributed by atoms with E-state index < -0.39 is 4.92 Å². The van der Waals surface area contributed by atoms with Crippen molar-refractivity contribution in [1.82, 2.24) is 14.8 Å². The second-order valence-corrected chi connectivity index (χ2v) is 5.61. The molecule has 0 spiro atoms. The summed E-state index contributed by atoms with van der Waals surface area (Å²) in [5.41, 5.74) is 0.461. The lowest BCUT2D eigenvalue weighted by Crippen LogP contribution is -2.09. The van der Waals surface area contributed by atoms with E-state index in [4.69, 9.17) is 0 Å². The molecule has 108 valence electrons. The molecule has 0 atom stereocenters. The van der Waals surface area contributed by atoms with Crippen molar-refractivity contribution in [3.05, 3.63) is 31.9 Å². The first-order valence-electron chi connectivity index (χ1n) is 6.38. The minimum absolute atomic E-state index is 0.0425. The summed E-state index contributed by atoms with van der Waals surface area (Å²) in [5, 5.41) is 19.2. The van der Waals surface area contributed by atoms with E-state index in [-0.39, 0.29) is 5.69 Å². The second kappa shape index (κ2) is 6.00. The highest BCUT2D eigenvalue weighted by Crippen LogP contribution is 2.27. The molecule has 2 heterocycles. The Balaban J connectivity index is 2.02. The van der Waals surface area contributed by atoms with Gasteiger partial charge in [0.15, 0.2) is 0 Å². The SMILES string of the molecule is CCc1cnc(CCNc2c([N+](=O)[O-])c(C)nn2C)s1. The summed E-state index contributed by atoms with van der Waals surface area (Å²) < 4.78 is 1.51. The van der Waals surface area contributed by atoms with Gasteiger partial charge in [-0.15, -0.1) is 11.3 Å². The molecule has 8 heteroatoms. The van der Waals surface area contributed by atoms with Gasteiger partial charge in [0, 0.05) is 31.1 Å². The Morgan fingerprint density at radius 3 is 2.90 bits per heavy atom. The van der Waals surface area contributed by atoms with E-state index in [9.17, 15) is 10.1 Å². The molecule has 0 radical (unpaired) electrons. The fraction of sp³-hybridized carbons (Fsp3) is 0.500. The van der Waals surface area contributed by atoms with Gasteiger partial charge in [0.25, 0.3) is 0 Å². The Kier molecular flexibility index (Phi) is 4.33. The quantitative estimate of drug-likeness (QED) is 0.653. The number of hydrogen-bond donors (Lipinski definition) is 1. The van der Waals surface area contributed by atoms with Crippen LogP contribution in [0.2, 0.25) is 0 Å². The van der Waals surface area contributed by atoms with Gasteiger partial charge in [0.1, 0.15) is 5.69 Å². The van der Waals surface area contributed by atoms with Crippen molar-refractivity contribution in [3.8, 4) is 0 Å². The summed E-state index contributed by atoms with van der Waals surface area (Å²) >= 11 is 1.68. The van der Waals surface area contributed by atoms with Crippen LogP contribution in [0.25, 0.3) is 0 Å². The maximum Gasteiger partial charge on any atom is 0.333 e. The molecule has 2 aromatic rings. The normalized spacial score (nSPS) is 10.8. The molecule has 1 N–H and O–H groups in total. The van der Waals surface area contributed by atoms with Crippen molar-refractivity contribution < 1.29 is 4.92 Å². The van der Waals surface area contributed by atoms with Crippen LogP contribution < -0.4 is 5.32 Å². The molecule has 0 fully saturated rings. The number of nitro groups is 1. The van der Waals surface area contributed by atoms with E-state index in [2.05, 4.69) is 22.3 Å². The van der Waals surface area contributed by atoms with Gasteiger partial charge in [-0.1, -0.05) is 6.92 Å². The molecule has 2 aromatic heterocycles. The largest absolute Gasteiger partial charge is 0.364 e. The van der Waals surface area contributed by atoms with Crippen LogP contribution in [0.3, 0.4) is 0 Å². The zero-order valence-corrected chi connectivity index (χ0v) is 12.5. The summed E-state index contributed by atoms with van der Waals surface area (Å²) in [6, 6.07) is 0. The molecule has 20 heavy (non-hydrogen) atoms. The number of hydrogen-bond acceptors (Lipinski definition) is 6. The van der Waals surface area contributed by atoms with Gasteiger partial charge >= 0.3 is 5.69 Å². The van der Waals surface area contributed by atoms with Crippen molar-refractivity contribution in [1.29, 1.82) is 0 Å². The molecule has 7 nitrogen and oxygen atoms in total. The first kappa shape index (κ1) is 14.4. The van der Waals surface area contributed by atoms with Crippen LogP contribution in [0.5, 0.6) is 0 Å². The van der Waals surface area contributed by atoms with Gasteiger partial charge in [0.2, 0.25) is 5.82 Å². The summed E-state index contributed by atoms with van der Waals surface area (Å²) in [6.45, 7) is 4.32. The van der Waals surface area contributed by atoms with Crippen LogP contribution in [-0.2, 0) is 19.9 Å². The zero-order chi connectivity index (χ0) is 14.7. The standard InChI is InChI=1S/C12H17N5O2S/c1-4-9-7-14-10(20-9)5-6-13-12-11(17(18)19)8(2)15-16(12)3/h7,13H,4-6H2,1-3H3. The number of anilines is 1. The van der Waals surface area contributed by atoms with Gasteiger partial charge < -0.3 is 5.32 Å². The van der Waals surface area contributed by atoms with Crippen LogP contribution in [0, 0.1) is 17.0 Å². The van der Waals surface area contributed by atoms with Crippen molar-refractivity contribution >= 4 is 22.8 Å². The van der Waals surface area contributed by atoms with E-state index in [1.807, 2.05) is 6.20 Å². The minimum atomic E-state index is -0.400. The van der Waals surface area contributed by atoms with Crippen LogP contribution >= 0.6 is 11.3 Å². The van der Waals surface area contributed by atoms with Crippen molar-refractivity contribution in [2.24, 2.45) is 7.05 Å². The summed E-state index contributed by atoms with van der Waals surface area (Å²) in [7, 11) is 1.70. The van der Waals surface area contributed by atoms with Crippen LogP contribution in [-0.4, -0.2) is 26.2 Å². The molecule has 0 saturated carbocycles. The lowest BCUT2D eigenvalue weighted by Gasteiger charge is -2.04. The highest BCUT2D eigenvalue weighted by molar-refractivity contribution is 7.11. The summed E-state index contributed by atoms with van der Waals surface area (Å²) in [5.74, 6) is 0.444. The molecular formula is C12H17N5O2S. The molecule has 0 amide bonds. The first-order chi connectivity index (χ1) is 9.52. The molecule has 0 aromatic carbocycles. The summed E-state index contributed by atoms with van der Waals surface area (Å²) in [6.07, 6.45) is 3.61. The number of aryl methyl sites for hydroxylation is 3. The van der Waals surface area contributed by atoms with Crippen LogP contribution in [0.15, 0.2) is 6.20 Å². The Labute approximate surface area is 120 Å². The number of nitrogens with one attached hydrogen (secondary N) is 1. The van der Waals surface area contributed by atoms with Gasteiger partial charge in [-0.25, -0.2) is 9.67 Å². The summed E-state index contributed by atoms with van der Waals surface area (Å²) in [4.78, 5) is 16.2. The Hall–Kier alpha value is -1.96. The fourth-order valence-electron chi connectivity index (χ4n) is 1.98. The number of aromatic nitrogens is 3. The molecule has 0 saturated heterocycles. The lowest BCUT2D eigenvalue weighted by molar-refractivity contribution is -0.384. The number of rotatable bonds is 6. The van der Waals surface area contributed by atoms with E-state index in [0.717, 1.165) is 17.8 Å². The van der Waals surface area contributed by atoms with Crippen molar-refractivity contribution in [3.63, 3.8) is 0 Å². The molecule has 0 aliphatic rings. The van der Waals surface area contributed by atoms with E-state index in [1.54, 1.807) is 25.3 Å². The Morgan fingerprint density at radius 2 is 2.30 bits per heavy atom. The van der Waals surface area contributed by atoms with Gasteiger partial charge in [-0.2, -0.15) is 5.10 Å². The molecule has 2 rings (SSSR count). The first-order valence-corrected chi connectivity index (χ1v) is 7.20. The monoisotopic (exact) mass is 295 g/mol. The number of nitrogens with zero attached hydrogens (tertiary/aromatic N) is 4. The third-order valence-electron chi connectivity index (χ3n) is 2.95. The molecular weight excluding hydrogens is 278 g/mol. The predicted molar refractivity (Wildman–Crippen MR) is 78.3 cm³/mol. The van der Waals surface area contributed by atoms with Gasteiger partial charge in [-0.3, -0.25) is 10.1 Å². The van der Waals surface area contributed by atoms with E-state index in [0.29, 0.717) is 18.1 Å². The molecule has 0 aliphatic heterocycles. The Morgan fingerprint density at radius 1 is 1.55 bits per heavy atom. The van der Waals surface area contributed by atoms with E-state index >= 15 is 0 Å². The van der Waals surface area contributed by atoms with E-state index in [1.165, 1.54) is 9.56 Å². The second-order valence-electron chi connectivity index (χ2n) is 4.41. The van der Waals surface area contributed by atoms with Crippen molar-refractivity contribution in [2.75, 3.05) is 11.9 Å². The maximum atomic E-state index is 11.0. The molecule has 0 aliphatic carbocycles. The third kappa shape index (κ3) is 2.96. The number of thiazole rings is 1. The maximum absolute atomic E-state index is 11.0. The minimum Gasteiger partial charge on any atom is -0.364 e. The zero-order valence-electron chi connectivity index (χ0n) is 11.7. The van der Waals surface area contributed by atoms with Gasteiger partial charge in [-0.05, 0) is 13.3 Å². The lowest BCUT2D eigenvalue weighted by atomic mass is 10.3. The van der Waals surface area contributed by atoms with Crippen molar-refractivity contribution in [2.45, 2.75) is 26.7 Å². The average molecular weight is 295 g/mol. The average Bonchev–Trinajstić information content (AvgIpc) is 2.94. The Bertz CT molecular complexity index is 619. The van der Waals surface area contributed by atoms with Crippen LogP contribution in [0.1, 0.15) is 22.5 Å². The predicted octanol–water partition coefficient (Wildman–Crippen LogP) is 2.31. The fourth-order valence-corrected chi connectivity index (χ4v) is 2.84. The molecule has 0 bridgehead atoms.